The van der Waals surface area contributed by atoms with Crippen LogP contribution in [0.15, 0.2) is 0 Å². The third-order valence-electron chi connectivity index (χ3n) is 3.02. The molecule has 1 aliphatic carbocycles. The molecule has 1 aromatic heterocycles. The van der Waals surface area contributed by atoms with Crippen molar-refractivity contribution in [2.75, 3.05) is 0 Å². The van der Waals surface area contributed by atoms with E-state index < -0.39 is 0 Å². The number of hydrogen-bond donors (Lipinski definition) is 2. The fourth-order valence-corrected chi connectivity index (χ4v) is 2.25. The molecule has 0 aromatic carbocycles. The van der Waals surface area contributed by atoms with Gasteiger partial charge in [-0.05, 0) is 32.6 Å². The molecule has 1 saturated carbocycles. The highest BCUT2D eigenvalue weighted by molar-refractivity contribution is 5.98. The van der Waals surface area contributed by atoms with E-state index in [2.05, 4.69) is 5.10 Å². The first-order valence-corrected chi connectivity index (χ1v) is 5.64. The van der Waals surface area contributed by atoms with Gasteiger partial charge in [0.1, 0.15) is 17.5 Å². The molecular weight excluding hydrogens is 204 g/mol. The number of nitrogens with one attached hydrogen (secondary N) is 1. The summed E-state index contributed by atoms with van der Waals surface area (Å²) in [6.07, 6.45) is 4.87. The van der Waals surface area contributed by atoms with E-state index >= 15 is 0 Å². The molecule has 1 heterocycles. The Labute approximate surface area is 95.1 Å². The maximum atomic E-state index is 7.55. The summed E-state index contributed by atoms with van der Waals surface area (Å²) in [6, 6.07) is 0. The van der Waals surface area contributed by atoms with Gasteiger partial charge in [0.2, 0.25) is 5.88 Å². The molecule has 5 nitrogen and oxygen atoms in total. The van der Waals surface area contributed by atoms with Crippen LogP contribution < -0.4 is 10.5 Å². The summed E-state index contributed by atoms with van der Waals surface area (Å²) >= 11 is 0. The van der Waals surface area contributed by atoms with Gasteiger partial charge in [-0.1, -0.05) is 0 Å². The number of ether oxygens (including phenoxy) is 1. The molecule has 88 valence electrons. The van der Waals surface area contributed by atoms with Crippen molar-refractivity contribution in [3.63, 3.8) is 0 Å². The lowest BCUT2D eigenvalue weighted by Gasteiger charge is -2.14. The van der Waals surface area contributed by atoms with E-state index in [-0.39, 0.29) is 11.9 Å². The number of aromatic nitrogens is 2. The van der Waals surface area contributed by atoms with Crippen LogP contribution in [0.25, 0.3) is 0 Å². The van der Waals surface area contributed by atoms with E-state index in [1.807, 2.05) is 14.0 Å². The Morgan fingerprint density at radius 1 is 1.50 bits per heavy atom. The number of hydrogen-bond acceptors (Lipinski definition) is 3. The molecule has 16 heavy (non-hydrogen) atoms. The van der Waals surface area contributed by atoms with E-state index in [4.69, 9.17) is 15.9 Å². The van der Waals surface area contributed by atoms with Crippen molar-refractivity contribution >= 4 is 5.84 Å². The Kier molecular flexibility index (Phi) is 2.85. The first-order chi connectivity index (χ1) is 7.59. The van der Waals surface area contributed by atoms with Crippen molar-refractivity contribution < 1.29 is 4.74 Å². The van der Waals surface area contributed by atoms with Gasteiger partial charge in [0.25, 0.3) is 0 Å². The van der Waals surface area contributed by atoms with E-state index in [1.165, 1.54) is 12.8 Å². The van der Waals surface area contributed by atoms with Gasteiger partial charge >= 0.3 is 0 Å². The summed E-state index contributed by atoms with van der Waals surface area (Å²) in [5, 5.41) is 11.8. The summed E-state index contributed by atoms with van der Waals surface area (Å²) in [5.41, 5.74) is 6.94. The average molecular weight is 222 g/mol. The van der Waals surface area contributed by atoms with Gasteiger partial charge in [0.05, 0.1) is 5.69 Å². The highest BCUT2D eigenvalue weighted by atomic mass is 16.5. The minimum Gasteiger partial charge on any atom is -0.474 e. The monoisotopic (exact) mass is 222 g/mol. The van der Waals surface area contributed by atoms with Crippen LogP contribution in [0, 0.1) is 12.3 Å². The van der Waals surface area contributed by atoms with E-state index in [0.29, 0.717) is 11.4 Å². The van der Waals surface area contributed by atoms with Crippen LogP contribution in [0.1, 0.15) is 36.9 Å². The molecule has 0 bridgehead atoms. The molecule has 0 aliphatic heterocycles. The first kappa shape index (κ1) is 11.0. The zero-order valence-corrected chi connectivity index (χ0v) is 9.79. The molecule has 0 spiro atoms. The van der Waals surface area contributed by atoms with E-state index in [9.17, 15) is 0 Å². The molecule has 1 aliphatic rings. The maximum Gasteiger partial charge on any atom is 0.223 e. The fourth-order valence-electron chi connectivity index (χ4n) is 2.25. The van der Waals surface area contributed by atoms with Crippen LogP contribution in [-0.4, -0.2) is 21.7 Å². The van der Waals surface area contributed by atoms with Crippen LogP contribution in [0.4, 0.5) is 0 Å². The summed E-state index contributed by atoms with van der Waals surface area (Å²) in [6.45, 7) is 1.85. The van der Waals surface area contributed by atoms with Crippen molar-refractivity contribution in [3.05, 3.63) is 11.3 Å². The molecule has 0 unspecified atom stereocenters. The van der Waals surface area contributed by atoms with Gasteiger partial charge in [-0.3, -0.25) is 5.41 Å². The Balaban J connectivity index is 2.27. The molecule has 1 aromatic rings. The summed E-state index contributed by atoms with van der Waals surface area (Å²) < 4.78 is 7.57. The smallest absolute Gasteiger partial charge is 0.223 e. The number of amidine groups is 1. The van der Waals surface area contributed by atoms with E-state index in [1.54, 1.807) is 4.68 Å². The lowest BCUT2D eigenvalue weighted by atomic mass is 10.2. The maximum absolute atomic E-state index is 7.55. The molecular formula is C11H18N4O. The first-order valence-electron chi connectivity index (χ1n) is 5.64. The number of nitrogens with two attached hydrogens (primary N) is 1. The summed E-state index contributed by atoms with van der Waals surface area (Å²) in [4.78, 5) is 0. The van der Waals surface area contributed by atoms with Crippen molar-refractivity contribution in [1.82, 2.24) is 9.78 Å². The fraction of sp³-hybridized carbons (Fsp3) is 0.636. The van der Waals surface area contributed by atoms with Crippen molar-refractivity contribution in [3.8, 4) is 5.88 Å². The topological polar surface area (TPSA) is 76.9 Å². The van der Waals surface area contributed by atoms with Gasteiger partial charge in [-0.2, -0.15) is 5.10 Å². The average Bonchev–Trinajstić information content (AvgIpc) is 2.76. The number of aryl methyl sites for hydroxylation is 2. The quantitative estimate of drug-likeness (QED) is 0.598. The number of rotatable bonds is 3. The van der Waals surface area contributed by atoms with Crippen molar-refractivity contribution in [2.45, 2.75) is 38.7 Å². The molecule has 2 rings (SSSR count). The van der Waals surface area contributed by atoms with Crippen LogP contribution in [0.3, 0.4) is 0 Å². The Morgan fingerprint density at radius 3 is 2.69 bits per heavy atom. The standard InChI is InChI=1S/C11H18N4O/c1-7-9(10(12)13)11(15(2)14-7)16-8-5-3-4-6-8/h8H,3-6H2,1-2H3,(H3,12,13). The second kappa shape index (κ2) is 4.15. The van der Waals surface area contributed by atoms with Crippen LogP contribution in [-0.2, 0) is 7.05 Å². The highest BCUT2D eigenvalue weighted by Crippen LogP contribution is 2.27. The second-order valence-electron chi connectivity index (χ2n) is 4.33. The summed E-state index contributed by atoms with van der Waals surface area (Å²) in [5.74, 6) is 0.662. The predicted molar refractivity (Wildman–Crippen MR) is 61.8 cm³/mol. The van der Waals surface area contributed by atoms with Crippen LogP contribution >= 0.6 is 0 Å². The number of nitrogen functional groups attached to an aromatic ring is 1. The molecule has 3 N–H and O–H groups in total. The lowest BCUT2D eigenvalue weighted by molar-refractivity contribution is 0.192. The van der Waals surface area contributed by atoms with Gasteiger partial charge in [0, 0.05) is 7.05 Å². The molecule has 0 atom stereocenters. The highest BCUT2D eigenvalue weighted by Gasteiger charge is 2.23. The molecule has 0 saturated heterocycles. The number of nitrogens with zero attached hydrogens (tertiary/aromatic N) is 2. The lowest BCUT2D eigenvalue weighted by Crippen LogP contribution is -2.18. The van der Waals surface area contributed by atoms with Crippen LogP contribution in [0.2, 0.25) is 0 Å². The Hall–Kier alpha value is -1.52. The summed E-state index contributed by atoms with van der Waals surface area (Å²) in [7, 11) is 1.82. The molecule has 0 amide bonds. The van der Waals surface area contributed by atoms with Crippen molar-refractivity contribution in [2.24, 2.45) is 12.8 Å². The minimum absolute atomic E-state index is 0.0265. The SMILES string of the molecule is Cc1nn(C)c(OC2CCCC2)c1C(=N)N. The normalized spacial score (nSPS) is 16.6. The zero-order valence-electron chi connectivity index (χ0n) is 9.79. The molecule has 5 heteroatoms. The van der Waals surface area contributed by atoms with Gasteiger partial charge in [0.15, 0.2) is 0 Å². The van der Waals surface area contributed by atoms with Gasteiger partial charge in [-0.15, -0.1) is 0 Å². The second-order valence-corrected chi connectivity index (χ2v) is 4.33. The largest absolute Gasteiger partial charge is 0.474 e. The molecule has 1 fully saturated rings. The molecule has 0 radical (unpaired) electrons. The Morgan fingerprint density at radius 2 is 2.12 bits per heavy atom. The van der Waals surface area contributed by atoms with Crippen molar-refractivity contribution in [1.29, 1.82) is 5.41 Å². The third-order valence-corrected chi connectivity index (χ3v) is 3.02. The minimum atomic E-state index is 0.0265. The van der Waals surface area contributed by atoms with Crippen LogP contribution in [0.5, 0.6) is 5.88 Å². The predicted octanol–water partition coefficient (Wildman–Crippen LogP) is 1.33. The van der Waals surface area contributed by atoms with Gasteiger partial charge in [-0.25, -0.2) is 4.68 Å². The van der Waals surface area contributed by atoms with Gasteiger partial charge < -0.3 is 10.5 Å². The van der Waals surface area contributed by atoms with E-state index in [0.717, 1.165) is 18.5 Å². The zero-order chi connectivity index (χ0) is 11.7. The third kappa shape index (κ3) is 1.89. The Bertz CT molecular complexity index is 404.